The molecule has 15 heavy (non-hydrogen) atoms. The molecule has 1 aromatic carbocycles. The van der Waals surface area contributed by atoms with Crippen LogP contribution in [0.5, 0.6) is 5.75 Å². The van der Waals surface area contributed by atoms with Gasteiger partial charge in [0.25, 0.3) is 5.56 Å². The fourth-order valence-corrected chi connectivity index (χ4v) is 1.41. The first-order chi connectivity index (χ1) is 7.16. The molecule has 0 saturated carbocycles. The zero-order valence-corrected chi connectivity index (χ0v) is 8.19. The lowest BCUT2D eigenvalue weighted by molar-refractivity contribution is 0.477. The Kier molecular flexibility index (Phi) is 2.25. The van der Waals surface area contributed by atoms with E-state index in [2.05, 4.69) is 9.97 Å². The van der Waals surface area contributed by atoms with Gasteiger partial charge >= 0.3 is 0 Å². The van der Waals surface area contributed by atoms with Crippen LogP contribution in [0.4, 0.5) is 0 Å². The molecule has 0 amide bonds. The summed E-state index contributed by atoms with van der Waals surface area (Å²) in [5.41, 5.74) is 0.821. The molecule has 0 fully saturated rings. The molecule has 0 spiro atoms. The van der Waals surface area contributed by atoms with Crippen LogP contribution in [0.2, 0.25) is 0 Å². The molecule has 4 heteroatoms. The molecular weight excluding hydrogens is 192 g/mol. The molecular formula is C11H10N2O2. The molecule has 76 valence electrons. The molecule has 0 atom stereocenters. The van der Waals surface area contributed by atoms with Gasteiger partial charge in [-0.2, -0.15) is 0 Å². The first kappa shape index (κ1) is 9.45. The zero-order chi connectivity index (χ0) is 10.8. The summed E-state index contributed by atoms with van der Waals surface area (Å²) in [6.07, 6.45) is 0. The van der Waals surface area contributed by atoms with Crippen LogP contribution in [-0.2, 0) is 0 Å². The van der Waals surface area contributed by atoms with Crippen molar-refractivity contribution in [1.82, 2.24) is 9.97 Å². The zero-order valence-electron chi connectivity index (χ0n) is 8.19. The first-order valence-corrected chi connectivity index (χ1v) is 4.53. The Morgan fingerprint density at radius 1 is 1.33 bits per heavy atom. The van der Waals surface area contributed by atoms with E-state index in [0.717, 1.165) is 0 Å². The molecule has 2 rings (SSSR count). The molecule has 0 aliphatic carbocycles. The number of benzene rings is 1. The maximum atomic E-state index is 11.2. The molecule has 0 aliphatic heterocycles. The fraction of sp³-hybridized carbons (Fsp3) is 0.0909. The lowest BCUT2D eigenvalue weighted by Gasteiger charge is -2.03. The topological polar surface area (TPSA) is 66.0 Å². The minimum Gasteiger partial charge on any atom is -0.507 e. The Balaban J connectivity index is 2.64. The number of nitrogens with zero attached hydrogens (tertiary/aromatic N) is 1. The third-order valence-electron chi connectivity index (χ3n) is 2.04. The van der Waals surface area contributed by atoms with Gasteiger partial charge in [-0.05, 0) is 19.1 Å². The normalized spacial score (nSPS) is 10.2. The van der Waals surface area contributed by atoms with Crippen LogP contribution in [0.3, 0.4) is 0 Å². The van der Waals surface area contributed by atoms with Crippen LogP contribution >= 0.6 is 0 Å². The van der Waals surface area contributed by atoms with Gasteiger partial charge in [-0.25, -0.2) is 4.98 Å². The van der Waals surface area contributed by atoms with Crippen molar-refractivity contribution in [2.75, 3.05) is 0 Å². The number of hydrogen-bond acceptors (Lipinski definition) is 3. The molecule has 1 aromatic heterocycles. The van der Waals surface area contributed by atoms with E-state index in [4.69, 9.17) is 0 Å². The summed E-state index contributed by atoms with van der Waals surface area (Å²) in [6.45, 7) is 1.70. The number of rotatable bonds is 1. The molecule has 4 nitrogen and oxygen atoms in total. The van der Waals surface area contributed by atoms with Gasteiger partial charge in [-0.15, -0.1) is 0 Å². The summed E-state index contributed by atoms with van der Waals surface area (Å²) < 4.78 is 0. The van der Waals surface area contributed by atoms with Gasteiger partial charge in [0.15, 0.2) is 0 Å². The van der Waals surface area contributed by atoms with Crippen molar-refractivity contribution in [3.63, 3.8) is 0 Å². The summed E-state index contributed by atoms with van der Waals surface area (Å²) in [5, 5.41) is 9.59. The monoisotopic (exact) mass is 202 g/mol. The van der Waals surface area contributed by atoms with Crippen LogP contribution < -0.4 is 5.56 Å². The Labute approximate surface area is 86.2 Å². The van der Waals surface area contributed by atoms with Gasteiger partial charge in [0.05, 0.1) is 5.69 Å². The number of aromatic nitrogens is 2. The minimum atomic E-state index is -0.222. The number of aromatic amines is 1. The number of aromatic hydroxyl groups is 1. The highest BCUT2D eigenvalue weighted by Gasteiger charge is 2.05. The number of para-hydroxylation sites is 1. The van der Waals surface area contributed by atoms with Gasteiger partial charge in [-0.3, -0.25) is 4.79 Å². The summed E-state index contributed by atoms with van der Waals surface area (Å²) in [4.78, 5) is 17.9. The van der Waals surface area contributed by atoms with Crippen LogP contribution in [0, 0.1) is 6.92 Å². The van der Waals surface area contributed by atoms with Crippen LogP contribution in [0.15, 0.2) is 35.1 Å². The van der Waals surface area contributed by atoms with Gasteiger partial charge < -0.3 is 10.1 Å². The number of H-pyrrole nitrogens is 1. The van der Waals surface area contributed by atoms with Crippen molar-refractivity contribution in [2.45, 2.75) is 6.92 Å². The van der Waals surface area contributed by atoms with E-state index in [0.29, 0.717) is 17.1 Å². The van der Waals surface area contributed by atoms with E-state index in [1.165, 1.54) is 6.07 Å². The summed E-state index contributed by atoms with van der Waals surface area (Å²) in [6, 6.07) is 8.15. The van der Waals surface area contributed by atoms with Crippen molar-refractivity contribution >= 4 is 0 Å². The van der Waals surface area contributed by atoms with Crippen molar-refractivity contribution in [3.8, 4) is 17.0 Å². The van der Waals surface area contributed by atoms with Crippen molar-refractivity contribution in [2.24, 2.45) is 0 Å². The minimum absolute atomic E-state index is 0.120. The molecule has 0 unspecified atom stereocenters. The largest absolute Gasteiger partial charge is 0.507 e. The second-order valence-electron chi connectivity index (χ2n) is 3.23. The third kappa shape index (κ3) is 1.88. The molecule has 2 N–H and O–H groups in total. The van der Waals surface area contributed by atoms with Gasteiger partial charge in [0, 0.05) is 11.6 Å². The van der Waals surface area contributed by atoms with Gasteiger partial charge in [0.1, 0.15) is 11.6 Å². The van der Waals surface area contributed by atoms with Crippen molar-refractivity contribution in [1.29, 1.82) is 0 Å². The van der Waals surface area contributed by atoms with E-state index >= 15 is 0 Å². The highest BCUT2D eigenvalue weighted by Crippen LogP contribution is 2.25. The Bertz CT molecular complexity index is 546. The molecule has 0 aliphatic rings. The lowest BCUT2D eigenvalue weighted by atomic mass is 10.1. The Morgan fingerprint density at radius 2 is 2.07 bits per heavy atom. The van der Waals surface area contributed by atoms with E-state index in [1.807, 2.05) is 0 Å². The molecule has 2 aromatic rings. The van der Waals surface area contributed by atoms with E-state index in [1.54, 1.807) is 31.2 Å². The third-order valence-corrected chi connectivity index (χ3v) is 2.04. The highest BCUT2D eigenvalue weighted by molar-refractivity contribution is 5.66. The summed E-state index contributed by atoms with van der Waals surface area (Å²) in [7, 11) is 0. The molecule has 0 saturated heterocycles. The van der Waals surface area contributed by atoms with Gasteiger partial charge in [0.2, 0.25) is 0 Å². The van der Waals surface area contributed by atoms with Crippen LogP contribution in [-0.4, -0.2) is 15.1 Å². The molecule has 0 bridgehead atoms. The number of phenols is 1. The fourth-order valence-electron chi connectivity index (χ4n) is 1.41. The summed E-state index contributed by atoms with van der Waals surface area (Å²) >= 11 is 0. The van der Waals surface area contributed by atoms with E-state index < -0.39 is 0 Å². The number of hydrogen-bond donors (Lipinski definition) is 2. The predicted octanol–water partition coefficient (Wildman–Crippen LogP) is 1.45. The highest BCUT2D eigenvalue weighted by atomic mass is 16.3. The summed E-state index contributed by atoms with van der Waals surface area (Å²) in [5.74, 6) is 0.649. The van der Waals surface area contributed by atoms with Crippen molar-refractivity contribution in [3.05, 3.63) is 46.5 Å². The van der Waals surface area contributed by atoms with Crippen molar-refractivity contribution < 1.29 is 5.11 Å². The number of nitrogens with one attached hydrogen (secondary N) is 1. The Morgan fingerprint density at radius 3 is 2.73 bits per heavy atom. The van der Waals surface area contributed by atoms with Crippen LogP contribution in [0.1, 0.15) is 5.82 Å². The van der Waals surface area contributed by atoms with Gasteiger partial charge in [-0.1, -0.05) is 12.1 Å². The Hall–Kier alpha value is -2.10. The number of aryl methyl sites for hydroxylation is 1. The lowest BCUT2D eigenvalue weighted by Crippen LogP contribution is -2.08. The quantitative estimate of drug-likeness (QED) is 0.735. The second-order valence-corrected chi connectivity index (χ2v) is 3.23. The maximum Gasteiger partial charge on any atom is 0.251 e. The first-order valence-electron chi connectivity index (χ1n) is 4.53. The second kappa shape index (κ2) is 3.57. The smallest absolute Gasteiger partial charge is 0.251 e. The van der Waals surface area contributed by atoms with E-state index in [-0.39, 0.29) is 11.3 Å². The average Bonchev–Trinajstić information content (AvgIpc) is 2.16. The van der Waals surface area contributed by atoms with Crippen LogP contribution in [0.25, 0.3) is 11.3 Å². The maximum absolute atomic E-state index is 11.2. The molecule has 1 heterocycles. The van der Waals surface area contributed by atoms with E-state index in [9.17, 15) is 9.90 Å². The predicted molar refractivity (Wildman–Crippen MR) is 56.7 cm³/mol. The number of phenolic OH excluding ortho intramolecular Hbond substituents is 1. The average molecular weight is 202 g/mol. The SMILES string of the molecule is Cc1nc(-c2ccccc2O)cc(=O)[nH]1. The molecule has 0 radical (unpaired) electrons. The standard InChI is InChI=1S/C11H10N2O2/c1-7-12-9(6-11(15)13-7)8-4-2-3-5-10(8)14/h2-6,14H,1H3,(H,12,13,15).